The van der Waals surface area contributed by atoms with E-state index in [0.29, 0.717) is 12.0 Å². The summed E-state index contributed by atoms with van der Waals surface area (Å²) >= 11 is 0. The van der Waals surface area contributed by atoms with Gasteiger partial charge >= 0.3 is 5.97 Å². The third kappa shape index (κ3) is 2.15. The Bertz CT molecular complexity index is 649. The molecule has 1 aromatic rings. The standard InChI is InChI=1S/C16H13NO2/c1-19-16(18)13-8-7-12-9-14(17-15(12)10-13)11-5-3-2-4-6-11/h2-9H,10H2,1H3. The van der Waals surface area contributed by atoms with Crippen LogP contribution in [0.2, 0.25) is 0 Å². The van der Waals surface area contributed by atoms with Crippen LogP contribution in [0.15, 0.2) is 64.7 Å². The molecule has 0 amide bonds. The molecular formula is C16H13NO2. The van der Waals surface area contributed by atoms with Gasteiger partial charge in [-0.1, -0.05) is 42.5 Å². The number of nitrogens with zero attached hydrogens (tertiary/aromatic N) is 1. The van der Waals surface area contributed by atoms with Gasteiger partial charge in [0.2, 0.25) is 0 Å². The van der Waals surface area contributed by atoms with Crippen LogP contribution in [-0.2, 0) is 9.53 Å². The molecule has 0 unspecified atom stereocenters. The molecule has 1 aliphatic heterocycles. The van der Waals surface area contributed by atoms with Crippen LogP contribution in [0.1, 0.15) is 12.0 Å². The van der Waals surface area contributed by atoms with Crippen LogP contribution in [0.4, 0.5) is 0 Å². The van der Waals surface area contributed by atoms with Crippen molar-refractivity contribution in [2.75, 3.05) is 7.11 Å². The Morgan fingerprint density at radius 1 is 1.21 bits per heavy atom. The van der Waals surface area contributed by atoms with E-state index in [0.717, 1.165) is 22.5 Å². The van der Waals surface area contributed by atoms with E-state index in [4.69, 9.17) is 4.74 Å². The fourth-order valence-corrected chi connectivity index (χ4v) is 2.22. The third-order valence-corrected chi connectivity index (χ3v) is 3.22. The van der Waals surface area contributed by atoms with E-state index in [1.807, 2.05) is 42.5 Å². The van der Waals surface area contributed by atoms with Gasteiger partial charge in [0.25, 0.3) is 0 Å². The quantitative estimate of drug-likeness (QED) is 0.758. The van der Waals surface area contributed by atoms with E-state index >= 15 is 0 Å². The second-order valence-corrected chi connectivity index (χ2v) is 4.44. The van der Waals surface area contributed by atoms with Crippen molar-refractivity contribution in [3.63, 3.8) is 0 Å². The summed E-state index contributed by atoms with van der Waals surface area (Å²) in [5.41, 5.74) is 4.69. The van der Waals surface area contributed by atoms with E-state index in [1.165, 1.54) is 7.11 Å². The molecular weight excluding hydrogens is 238 g/mol. The Balaban J connectivity index is 1.89. The second kappa shape index (κ2) is 4.69. The van der Waals surface area contributed by atoms with Crippen LogP contribution in [0.5, 0.6) is 0 Å². The molecule has 0 N–H and O–H groups in total. The van der Waals surface area contributed by atoms with Crippen molar-refractivity contribution in [2.45, 2.75) is 6.42 Å². The van der Waals surface area contributed by atoms with Crippen LogP contribution >= 0.6 is 0 Å². The Labute approximate surface area is 111 Å². The average Bonchev–Trinajstić information content (AvgIpc) is 2.90. The molecule has 1 aromatic carbocycles. The lowest BCUT2D eigenvalue weighted by atomic mass is 9.97. The fraction of sp³-hybridized carbons (Fsp3) is 0.125. The molecule has 0 bridgehead atoms. The molecule has 19 heavy (non-hydrogen) atoms. The number of methoxy groups -OCH3 is 1. The summed E-state index contributed by atoms with van der Waals surface area (Å²) in [4.78, 5) is 16.1. The first-order chi connectivity index (χ1) is 9.28. The Morgan fingerprint density at radius 2 is 2.00 bits per heavy atom. The van der Waals surface area contributed by atoms with Crippen LogP contribution in [-0.4, -0.2) is 18.8 Å². The van der Waals surface area contributed by atoms with Gasteiger partial charge in [0.05, 0.1) is 18.5 Å². The number of aliphatic imine (C=N–C) groups is 1. The number of carbonyl (C=O) groups is 1. The van der Waals surface area contributed by atoms with Gasteiger partial charge < -0.3 is 4.74 Å². The third-order valence-electron chi connectivity index (χ3n) is 3.22. The van der Waals surface area contributed by atoms with Gasteiger partial charge in [-0.2, -0.15) is 0 Å². The summed E-state index contributed by atoms with van der Waals surface area (Å²) in [5.74, 6) is -0.286. The zero-order valence-corrected chi connectivity index (χ0v) is 10.6. The first kappa shape index (κ1) is 11.7. The predicted octanol–water partition coefficient (Wildman–Crippen LogP) is 2.91. The minimum atomic E-state index is -0.286. The van der Waals surface area contributed by atoms with E-state index in [1.54, 1.807) is 0 Å². The maximum Gasteiger partial charge on any atom is 0.334 e. The second-order valence-electron chi connectivity index (χ2n) is 4.44. The number of benzene rings is 1. The van der Waals surface area contributed by atoms with Crippen molar-refractivity contribution >= 4 is 17.4 Å². The zero-order valence-electron chi connectivity index (χ0n) is 10.6. The van der Waals surface area contributed by atoms with Crippen molar-refractivity contribution in [1.82, 2.24) is 0 Å². The van der Waals surface area contributed by atoms with E-state index in [-0.39, 0.29) is 5.97 Å². The SMILES string of the molecule is COC(=O)C1=CC=C2C=C(c3ccccc3)N=C2C1. The molecule has 3 nitrogen and oxygen atoms in total. The minimum Gasteiger partial charge on any atom is -0.466 e. The molecule has 0 radical (unpaired) electrons. The fourth-order valence-electron chi connectivity index (χ4n) is 2.22. The maximum atomic E-state index is 11.5. The van der Waals surface area contributed by atoms with Crippen LogP contribution in [0, 0.1) is 0 Å². The number of ether oxygens (including phenoxy) is 1. The molecule has 0 atom stereocenters. The Hall–Kier alpha value is -2.42. The number of rotatable bonds is 2. The van der Waals surface area contributed by atoms with Crippen molar-refractivity contribution < 1.29 is 9.53 Å². The largest absolute Gasteiger partial charge is 0.466 e. The molecule has 0 aromatic heterocycles. The molecule has 94 valence electrons. The van der Waals surface area contributed by atoms with Gasteiger partial charge in [-0.3, -0.25) is 4.99 Å². The molecule has 3 heteroatoms. The maximum absolute atomic E-state index is 11.5. The summed E-state index contributed by atoms with van der Waals surface area (Å²) in [6.07, 6.45) is 6.32. The van der Waals surface area contributed by atoms with Gasteiger partial charge in [-0.05, 0) is 11.6 Å². The Kier molecular flexibility index (Phi) is 2.88. The van der Waals surface area contributed by atoms with Gasteiger partial charge in [-0.25, -0.2) is 4.79 Å². The number of fused-ring (bicyclic) bond motifs is 1. The highest BCUT2D eigenvalue weighted by molar-refractivity contribution is 6.15. The number of hydrogen-bond acceptors (Lipinski definition) is 3. The molecule has 1 aliphatic carbocycles. The van der Waals surface area contributed by atoms with Crippen molar-refractivity contribution in [3.05, 3.63) is 65.3 Å². The highest BCUT2D eigenvalue weighted by atomic mass is 16.5. The number of carbonyl (C=O) groups excluding carboxylic acids is 1. The van der Waals surface area contributed by atoms with E-state index in [2.05, 4.69) is 11.1 Å². The van der Waals surface area contributed by atoms with Crippen molar-refractivity contribution in [2.24, 2.45) is 4.99 Å². The summed E-state index contributed by atoms with van der Waals surface area (Å²) in [6.45, 7) is 0. The van der Waals surface area contributed by atoms with Crippen LogP contribution < -0.4 is 0 Å². The summed E-state index contributed by atoms with van der Waals surface area (Å²) in [5, 5.41) is 0. The van der Waals surface area contributed by atoms with Gasteiger partial charge in [0.1, 0.15) is 0 Å². The highest BCUT2D eigenvalue weighted by Gasteiger charge is 2.22. The summed E-state index contributed by atoms with van der Waals surface area (Å²) in [6, 6.07) is 10.0. The number of hydrogen-bond donors (Lipinski definition) is 0. The number of esters is 1. The molecule has 2 aliphatic rings. The molecule has 0 saturated heterocycles. The van der Waals surface area contributed by atoms with E-state index < -0.39 is 0 Å². The lowest BCUT2D eigenvalue weighted by Gasteiger charge is -2.10. The molecule has 0 fully saturated rings. The normalized spacial score (nSPS) is 16.9. The van der Waals surface area contributed by atoms with Gasteiger partial charge in [0.15, 0.2) is 0 Å². The Morgan fingerprint density at radius 3 is 2.74 bits per heavy atom. The van der Waals surface area contributed by atoms with Crippen LogP contribution in [0.3, 0.4) is 0 Å². The van der Waals surface area contributed by atoms with E-state index in [9.17, 15) is 4.79 Å². The molecule has 0 saturated carbocycles. The van der Waals surface area contributed by atoms with Crippen molar-refractivity contribution in [3.8, 4) is 0 Å². The summed E-state index contributed by atoms with van der Waals surface area (Å²) < 4.78 is 4.74. The van der Waals surface area contributed by atoms with Crippen LogP contribution in [0.25, 0.3) is 5.70 Å². The molecule has 3 rings (SSSR count). The monoisotopic (exact) mass is 251 g/mol. The first-order valence-electron chi connectivity index (χ1n) is 6.12. The first-order valence-corrected chi connectivity index (χ1v) is 6.12. The predicted molar refractivity (Wildman–Crippen MR) is 74.7 cm³/mol. The average molecular weight is 251 g/mol. The zero-order chi connectivity index (χ0) is 13.2. The lowest BCUT2D eigenvalue weighted by molar-refractivity contribution is -0.136. The topological polar surface area (TPSA) is 38.7 Å². The highest BCUT2D eigenvalue weighted by Crippen LogP contribution is 2.30. The lowest BCUT2D eigenvalue weighted by Crippen LogP contribution is -2.12. The van der Waals surface area contributed by atoms with Gasteiger partial charge in [-0.15, -0.1) is 0 Å². The summed E-state index contributed by atoms with van der Waals surface area (Å²) in [7, 11) is 1.40. The van der Waals surface area contributed by atoms with Crippen molar-refractivity contribution in [1.29, 1.82) is 0 Å². The number of allylic oxidation sites excluding steroid dienone is 4. The van der Waals surface area contributed by atoms with Gasteiger partial charge in [0, 0.05) is 17.6 Å². The minimum absolute atomic E-state index is 0.286. The molecule has 0 spiro atoms. The molecule has 1 heterocycles. The smallest absolute Gasteiger partial charge is 0.334 e.